The molecule has 1 aliphatic rings. The predicted octanol–water partition coefficient (Wildman–Crippen LogP) is 5.16. The van der Waals surface area contributed by atoms with E-state index in [-0.39, 0.29) is 5.75 Å². The van der Waals surface area contributed by atoms with Crippen LogP contribution >= 0.6 is 0 Å². The molecule has 0 bridgehead atoms. The van der Waals surface area contributed by atoms with E-state index in [1.54, 1.807) is 30.3 Å². The molecule has 0 aromatic heterocycles. The van der Waals surface area contributed by atoms with Crippen LogP contribution in [0.5, 0.6) is 11.5 Å². The van der Waals surface area contributed by atoms with Gasteiger partial charge >= 0.3 is 0 Å². The van der Waals surface area contributed by atoms with Crippen molar-refractivity contribution in [3.8, 4) is 11.5 Å². The average molecular weight is 349 g/mol. The van der Waals surface area contributed by atoms with Gasteiger partial charge in [0.2, 0.25) is 0 Å². The Hall–Kier alpha value is -3.04. The lowest BCUT2D eigenvalue weighted by Gasteiger charge is -2.07. The molecule has 0 amide bonds. The number of aromatic hydroxyl groups is 1. The van der Waals surface area contributed by atoms with Crippen LogP contribution in [0.4, 0.5) is 0 Å². The summed E-state index contributed by atoms with van der Waals surface area (Å²) >= 11 is 0. The fraction of sp³-hybridized carbons (Fsp3) is 0.130. The first-order valence-corrected chi connectivity index (χ1v) is 8.18. The summed E-state index contributed by atoms with van der Waals surface area (Å²) in [6.07, 6.45) is -2.35. The van der Waals surface area contributed by atoms with Crippen molar-refractivity contribution in [2.24, 2.45) is 0 Å². The van der Waals surface area contributed by atoms with Crippen LogP contribution in [0, 0.1) is 0 Å². The van der Waals surface area contributed by atoms with Crippen LogP contribution in [-0.2, 0) is 4.74 Å². The van der Waals surface area contributed by atoms with E-state index in [2.05, 4.69) is 4.74 Å². The van der Waals surface area contributed by atoms with Gasteiger partial charge in [-0.2, -0.15) is 0 Å². The second kappa shape index (κ2) is 7.46. The fourth-order valence-corrected chi connectivity index (χ4v) is 2.66. The van der Waals surface area contributed by atoms with E-state index >= 15 is 0 Å². The molecule has 0 aliphatic carbocycles. The Morgan fingerprint density at radius 1 is 0.923 bits per heavy atom. The van der Waals surface area contributed by atoms with Gasteiger partial charge in [-0.15, -0.1) is 0 Å². The Kier molecular flexibility index (Phi) is 3.31. The Balaban J connectivity index is 0.000000177. The second-order valence-electron chi connectivity index (χ2n) is 5.71. The van der Waals surface area contributed by atoms with E-state index < -0.39 is 19.2 Å². The maximum atomic E-state index is 9.37. The summed E-state index contributed by atoms with van der Waals surface area (Å²) in [7, 11) is 0. The lowest BCUT2D eigenvalue weighted by atomic mass is 10.1. The maximum Gasteiger partial charge on any atom is 0.127 e. The number of epoxide rings is 1. The highest BCUT2D eigenvalue weighted by Crippen LogP contribution is 2.26. The first-order chi connectivity index (χ1) is 14.6. The van der Waals surface area contributed by atoms with Crippen LogP contribution in [0.1, 0.15) is 6.85 Å². The molecular weight excluding hydrogens is 324 g/mol. The van der Waals surface area contributed by atoms with Gasteiger partial charge < -0.3 is 14.6 Å². The van der Waals surface area contributed by atoms with Crippen molar-refractivity contribution in [2.75, 3.05) is 13.1 Å². The molecule has 1 unspecified atom stereocenters. The van der Waals surface area contributed by atoms with Crippen molar-refractivity contribution in [1.82, 2.24) is 0 Å². The summed E-state index contributed by atoms with van der Waals surface area (Å²) in [5.74, 6) is 0.606. The molecular formula is C23H20O3. The van der Waals surface area contributed by atoms with E-state index in [4.69, 9.17) is 11.6 Å². The minimum atomic E-state index is -2.60. The lowest BCUT2D eigenvalue weighted by Crippen LogP contribution is -2.04. The monoisotopic (exact) mass is 349 g/mol. The Morgan fingerprint density at radius 2 is 1.50 bits per heavy atom. The van der Waals surface area contributed by atoms with E-state index in [0.29, 0.717) is 11.1 Å². The molecule has 5 rings (SSSR count). The molecule has 1 N–H and O–H groups in total. The van der Waals surface area contributed by atoms with Crippen LogP contribution in [0.2, 0.25) is 0 Å². The van der Waals surface area contributed by atoms with Crippen LogP contribution in [0.3, 0.4) is 0 Å². The SMILES string of the molecule is Oc1cccc2ccccc12.[2H]C([2H])(Oc1cccc2ccccc12)C1([2H])OC1([2H])[2H]. The summed E-state index contributed by atoms with van der Waals surface area (Å²) in [5, 5.41) is 12.9. The van der Waals surface area contributed by atoms with Gasteiger partial charge in [-0.25, -0.2) is 0 Å². The van der Waals surface area contributed by atoms with E-state index in [1.807, 2.05) is 54.6 Å². The predicted molar refractivity (Wildman–Crippen MR) is 105 cm³/mol. The van der Waals surface area contributed by atoms with Gasteiger partial charge in [-0.1, -0.05) is 72.8 Å². The lowest BCUT2D eigenvalue weighted by molar-refractivity contribution is 0.265. The maximum absolute atomic E-state index is 9.37. The van der Waals surface area contributed by atoms with E-state index in [1.165, 1.54) is 0 Å². The highest BCUT2D eigenvalue weighted by molar-refractivity contribution is 5.88. The minimum Gasteiger partial charge on any atom is -0.507 e. The molecule has 1 fully saturated rings. The van der Waals surface area contributed by atoms with Crippen molar-refractivity contribution in [3.05, 3.63) is 84.9 Å². The normalized spacial score (nSPS) is 23.5. The van der Waals surface area contributed by atoms with E-state index in [0.717, 1.165) is 16.2 Å². The quantitative estimate of drug-likeness (QED) is 0.519. The van der Waals surface area contributed by atoms with Crippen molar-refractivity contribution in [3.63, 3.8) is 0 Å². The summed E-state index contributed by atoms with van der Waals surface area (Å²) in [4.78, 5) is 0. The molecule has 3 nitrogen and oxygen atoms in total. The van der Waals surface area contributed by atoms with Crippen molar-refractivity contribution < 1.29 is 21.4 Å². The number of hydrogen-bond acceptors (Lipinski definition) is 3. The van der Waals surface area contributed by atoms with Gasteiger partial charge in [0.15, 0.2) is 0 Å². The highest BCUT2D eigenvalue weighted by Gasteiger charge is 2.23. The Morgan fingerprint density at radius 3 is 2.19 bits per heavy atom. The summed E-state index contributed by atoms with van der Waals surface area (Å²) in [5.41, 5.74) is 0. The molecule has 1 heterocycles. The third-order valence-corrected chi connectivity index (χ3v) is 3.97. The third kappa shape index (κ3) is 3.79. The first kappa shape index (κ1) is 11.6. The zero-order valence-electron chi connectivity index (χ0n) is 18.8. The Bertz CT molecular complexity index is 1230. The molecule has 26 heavy (non-hydrogen) atoms. The molecule has 0 radical (unpaired) electrons. The number of phenolic OH excluding ortho intramolecular Hbond substituents is 1. The van der Waals surface area contributed by atoms with Gasteiger partial charge in [0.25, 0.3) is 0 Å². The molecule has 1 saturated heterocycles. The number of rotatable bonds is 3. The van der Waals surface area contributed by atoms with Gasteiger partial charge in [0.05, 0.1) is 13.4 Å². The van der Waals surface area contributed by atoms with Gasteiger partial charge in [0.1, 0.15) is 24.1 Å². The zero-order chi connectivity index (χ0) is 22.3. The smallest absolute Gasteiger partial charge is 0.127 e. The van der Waals surface area contributed by atoms with E-state index in [9.17, 15) is 5.11 Å². The van der Waals surface area contributed by atoms with Crippen LogP contribution in [0.15, 0.2) is 84.9 Å². The number of phenols is 1. The van der Waals surface area contributed by atoms with Crippen LogP contribution in [-0.4, -0.2) is 24.3 Å². The largest absolute Gasteiger partial charge is 0.507 e. The Labute approximate surface area is 159 Å². The molecule has 3 heteroatoms. The topological polar surface area (TPSA) is 42.0 Å². The van der Waals surface area contributed by atoms with Crippen molar-refractivity contribution >= 4 is 21.5 Å². The van der Waals surface area contributed by atoms with Gasteiger partial charge in [0, 0.05) is 10.8 Å². The molecule has 1 atom stereocenters. The van der Waals surface area contributed by atoms with Crippen molar-refractivity contribution in [2.45, 2.75) is 6.08 Å². The number of ether oxygens (including phenoxy) is 2. The molecule has 1 aliphatic heterocycles. The summed E-state index contributed by atoms with van der Waals surface area (Å²) in [6.45, 7) is -4.94. The standard InChI is InChI=1S/C13H12O2.C10H8O/c1-2-6-12-10(4-1)5-3-7-13(12)15-9-11-8-14-11;11-10-7-3-5-8-4-1-2-6-9(8)10/h1-7,11H,8-9H2;1-7,11H/i8D2,9D2,11D;. The van der Waals surface area contributed by atoms with Crippen molar-refractivity contribution in [1.29, 1.82) is 0 Å². The summed E-state index contributed by atoms with van der Waals surface area (Å²) < 4.78 is 47.8. The molecule has 130 valence electrons. The zero-order valence-corrected chi connectivity index (χ0v) is 13.8. The third-order valence-electron chi connectivity index (χ3n) is 3.97. The minimum absolute atomic E-state index is 0.256. The van der Waals surface area contributed by atoms with Crippen LogP contribution in [0.25, 0.3) is 21.5 Å². The first-order valence-electron chi connectivity index (χ1n) is 10.7. The van der Waals surface area contributed by atoms with Crippen LogP contribution < -0.4 is 4.74 Å². The molecule has 0 saturated carbocycles. The van der Waals surface area contributed by atoms with Gasteiger partial charge in [-0.05, 0) is 22.9 Å². The number of benzene rings is 4. The molecule has 4 aromatic rings. The highest BCUT2D eigenvalue weighted by atomic mass is 16.6. The van der Waals surface area contributed by atoms with Gasteiger partial charge in [-0.3, -0.25) is 0 Å². The average Bonchev–Trinajstić information content (AvgIpc) is 3.29. The molecule has 4 aromatic carbocycles. The molecule has 0 spiro atoms. The number of hydrogen-bond donors (Lipinski definition) is 1. The summed E-state index contributed by atoms with van der Waals surface area (Å²) in [6, 6.07) is 25.7. The second-order valence-corrected chi connectivity index (χ2v) is 5.71. The number of fused-ring (bicyclic) bond motifs is 2. The fourth-order valence-electron chi connectivity index (χ4n) is 2.66.